The molecule has 0 fully saturated rings. The zero-order chi connectivity index (χ0) is 13.8. The normalized spacial score (nSPS) is 9.95. The van der Waals surface area contributed by atoms with Gasteiger partial charge < -0.3 is 0 Å². The first-order chi connectivity index (χ1) is 9.08. The second-order valence-corrected chi connectivity index (χ2v) is 3.57. The number of hydrogen-bond donors (Lipinski definition) is 1. The van der Waals surface area contributed by atoms with E-state index < -0.39 is 10.8 Å². The van der Waals surface area contributed by atoms with Gasteiger partial charge in [0.05, 0.1) is 22.9 Å². The zero-order valence-corrected chi connectivity index (χ0v) is 9.90. The number of pyridine rings is 1. The monoisotopic (exact) mass is 280 g/mol. The lowest BCUT2D eigenvalue weighted by Crippen LogP contribution is -2.15. The Morgan fingerprint density at radius 2 is 2.16 bits per heavy atom. The number of amides is 1. The summed E-state index contributed by atoms with van der Waals surface area (Å²) >= 11 is 5.71. The summed E-state index contributed by atoms with van der Waals surface area (Å²) in [6.07, 6.45) is 3.62. The Balaban J connectivity index is 2.28. The number of nitrogens with zero attached hydrogens (tertiary/aromatic N) is 5. The van der Waals surface area contributed by atoms with Crippen molar-refractivity contribution < 1.29 is 9.72 Å². The van der Waals surface area contributed by atoms with Gasteiger partial charge in [-0.2, -0.15) is 5.10 Å². The summed E-state index contributed by atoms with van der Waals surface area (Å²) < 4.78 is 0. The van der Waals surface area contributed by atoms with Crippen LogP contribution in [-0.2, 0) is 0 Å². The van der Waals surface area contributed by atoms with E-state index in [2.05, 4.69) is 25.5 Å². The maximum Gasteiger partial charge on any atom is 0.288 e. The molecule has 1 N–H and O–H groups in total. The first-order valence-corrected chi connectivity index (χ1v) is 5.20. The molecular weight excluding hydrogens is 276 g/mol. The lowest BCUT2D eigenvalue weighted by atomic mass is 10.2. The predicted molar refractivity (Wildman–Crippen MR) is 63.7 cm³/mol. The number of carbonyl (C=O) groups excluding carboxylic acids is 1. The largest absolute Gasteiger partial charge is 0.289 e. The summed E-state index contributed by atoms with van der Waals surface area (Å²) in [4.78, 5) is 29.1. The van der Waals surface area contributed by atoms with Crippen molar-refractivity contribution in [3.8, 4) is 0 Å². The van der Waals surface area contributed by atoms with E-state index in [0.29, 0.717) is 0 Å². The van der Waals surface area contributed by atoms with Crippen LogP contribution in [0.25, 0.3) is 0 Å². The van der Waals surface area contributed by atoms with Crippen LogP contribution in [0.3, 0.4) is 0 Å². The Morgan fingerprint density at radius 1 is 1.37 bits per heavy atom. The SMILES string of the molecule is O=C(Nc1nccnn1)c1cc([N+](=O)[O-])cnc1Cl. The standard InChI is InChI=1S/C9H5ClN6O3/c10-7-6(3-5(4-12-7)16(18)19)8(17)14-9-11-1-2-13-15-9/h1-4H,(H,11,14,15,17). The van der Waals surface area contributed by atoms with Gasteiger partial charge in [-0.05, 0) is 0 Å². The first-order valence-electron chi connectivity index (χ1n) is 4.83. The Bertz CT molecular complexity index is 635. The van der Waals surface area contributed by atoms with E-state index in [0.717, 1.165) is 12.3 Å². The van der Waals surface area contributed by atoms with Crippen molar-refractivity contribution in [1.82, 2.24) is 20.2 Å². The molecule has 0 saturated heterocycles. The van der Waals surface area contributed by atoms with Gasteiger partial charge in [0.1, 0.15) is 11.3 Å². The molecule has 2 heterocycles. The number of carbonyl (C=O) groups is 1. The zero-order valence-electron chi connectivity index (χ0n) is 9.15. The van der Waals surface area contributed by atoms with Crippen LogP contribution in [0.2, 0.25) is 5.15 Å². The van der Waals surface area contributed by atoms with E-state index in [4.69, 9.17) is 11.6 Å². The van der Waals surface area contributed by atoms with Crippen LogP contribution in [-0.4, -0.2) is 31.0 Å². The van der Waals surface area contributed by atoms with E-state index in [9.17, 15) is 14.9 Å². The minimum atomic E-state index is -0.714. The summed E-state index contributed by atoms with van der Waals surface area (Å²) in [5.41, 5.74) is -0.495. The predicted octanol–water partition coefficient (Wildman–Crippen LogP) is 1.08. The van der Waals surface area contributed by atoms with Crippen molar-refractivity contribution in [3.63, 3.8) is 0 Å². The highest BCUT2D eigenvalue weighted by Gasteiger charge is 2.17. The number of rotatable bonds is 3. The molecule has 96 valence electrons. The topological polar surface area (TPSA) is 124 Å². The van der Waals surface area contributed by atoms with E-state index in [1.165, 1.54) is 12.4 Å². The lowest BCUT2D eigenvalue weighted by Gasteiger charge is -2.03. The van der Waals surface area contributed by atoms with E-state index >= 15 is 0 Å². The molecule has 0 atom stereocenters. The van der Waals surface area contributed by atoms with Crippen molar-refractivity contribution in [2.75, 3.05) is 5.32 Å². The molecule has 0 bridgehead atoms. The van der Waals surface area contributed by atoms with Gasteiger partial charge in [-0.15, -0.1) is 5.10 Å². The number of anilines is 1. The average molecular weight is 281 g/mol. The van der Waals surface area contributed by atoms with Crippen LogP contribution in [0.1, 0.15) is 10.4 Å². The van der Waals surface area contributed by atoms with Crippen molar-refractivity contribution in [3.05, 3.63) is 45.5 Å². The van der Waals surface area contributed by atoms with Crippen LogP contribution in [0.4, 0.5) is 11.6 Å². The highest BCUT2D eigenvalue weighted by Crippen LogP contribution is 2.19. The number of hydrogen-bond acceptors (Lipinski definition) is 7. The van der Waals surface area contributed by atoms with Crippen LogP contribution in [0.5, 0.6) is 0 Å². The maximum absolute atomic E-state index is 11.8. The Labute approximate surface area is 110 Å². The van der Waals surface area contributed by atoms with Crippen molar-refractivity contribution >= 4 is 29.1 Å². The summed E-state index contributed by atoms with van der Waals surface area (Å²) in [5, 5.41) is 19.8. The summed E-state index contributed by atoms with van der Waals surface area (Å²) in [6, 6.07) is 1.01. The van der Waals surface area contributed by atoms with Gasteiger partial charge in [-0.25, -0.2) is 9.97 Å². The number of aromatic nitrogens is 4. The molecule has 0 unspecified atom stereocenters. The summed E-state index contributed by atoms with van der Waals surface area (Å²) in [7, 11) is 0. The molecule has 2 aromatic heterocycles. The molecule has 1 amide bonds. The number of nitrogens with one attached hydrogen (secondary N) is 1. The summed E-state index contributed by atoms with van der Waals surface area (Å²) in [6.45, 7) is 0. The number of halogens is 1. The molecule has 0 spiro atoms. The fourth-order valence-electron chi connectivity index (χ4n) is 1.17. The van der Waals surface area contributed by atoms with Gasteiger partial charge in [0, 0.05) is 6.07 Å². The molecule has 0 aliphatic heterocycles. The molecule has 0 aliphatic carbocycles. The average Bonchev–Trinajstić information content (AvgIpc) is 2.40. The van der Waals surface area contributed by atoms with Gasteiger partial charge in [-0.3, -0.25) is 20.2 Å². The Morgan fingerprint density at radius 3 is 2.79 bits per heavy atom. The molecule has 19 heavy (non-hydrogen) atoms. The number of nitro groups is 1. The Kier molecular flexibility index (Phi) is 3.57. The van der Waals surface area contributed by atoms with Crippen LogP contribution >= 0.6 is 11.6 Å². The fourth-order valence-corrected chi connectivity index (χ4v) is 1.36. The maximum atomic E-state index is 11.8. The van der Waals surface area contributed by atoms with Crippen molar-refractivity contribution in [1.29, 1.82) is 0 Å². The molecule has 0 aliphatic rings. The first kappa shape index (κ1) is 12.8. The summed E-state index contributed by atoms with van der Waals surface area (Å²) in [5.74, 6) is -0.760. The van der Waals surface area contributed by atoms with Crippen LogP contribution in [0, 0.1) is 10.1 Å². The van der Waals surface area contributed by atoms with E-state index in [1.54, 1.807) is 0 Å². The molecule has 0 radical (unpaired) electrons. The van der Waals surface area contributed by atoms with E-state index in [-0.39, 0.29) is 22.4 Å². The fraction of sp³-hybridized carbons (Fsp3) is 0. The highest BCUT2D eigenvalue weighted by atomic mass is 35.5. The quantitative estimate of drug-likeness (QED) is 0.506. The molecule has 9 nitrogen and oxygen atoms in total. The molecule has 2 rings (SSSR count). The lowest BCUT2D eigenvalue weighted by molar-refractivity contribution is -0.385. The van der Waals surface area contributed by atoms with Gasteiger partial charge in [0.2, 0.25) is 5.95 Å². The van der Waals surface area contributed by atoms with Gasteiger partial charge in [-0.1, -0.05) is 11.6 Å². The minimum absolute atomic E-state index is 0.0462. The second kappa shape index (κ2) is 5.31. The van der Waals surface area contributed by atoms with Crippen LogP contribution in [0.15, 0.2) is 24.7 Å². The third-order valence-corrected chi connectivity index (χ3v) is 2.29. The van der Waals surface area contributed by atoms with Gasteiger partial charge in [0.25, 0.3) is 11.6 Å². The van der Waals surface area contributed by atoms with Gasteiger partial charge in [0.15, 0.2) is 0 Å². The smallest absolute Gasteiger partial charge is 0.288 e. The molecule has 2 aromatic rings. The molecule has 10 heteroatoms. The van der Waals surface area contributed by atoms with Crippen LogP contribution < -0.4 is 5.32 Å². The van der Waals surface area contributed by atoms with E-state index in [1.807, 2.05) is 0 Å². The third-order valence-electron chi connectivity index (χ3n) is 1.99. The van der Waals surface area contributed by atoms with Gasteiger partial charge >= 0.3 is 0 Å². The molecule has 0 saturated carbocycles. The Hall–Kier alpha value is -2.68. The third kappa shape index (κ3) is 2.96. The van der Waals surface area contributed by atoms with Crippen molar-refractivity contribution in [2.24, 2.45) is 0 Å². The molecule has 0 aromatic carbocycles. The highest BCUT2D eigenvalue weighted by molar-refractivity contribution is 6.33. The minimum Gasteiger partial charge on any atom is -0.289 e. The van der Waals surface area contributed by atoms with Crippen molar-refractivity contribution in [2.45, 2.75) is 0 Å². The second-order valence-electron chi connectivity index (χ2n) is 3.21. The molecular formula is C9H5ClN6O3.